The third-order valence-corrected chi connectivity index (χ3v) is 4.94. The third kappa shape index (κ3) is 3.16. The molecular weight excluding hydrogens is 300 g/mol. The van der Waals surface area contributed by atoms with Gasteiger partial charge in [-0.3, -0.25) is 4.57 Å². The summed E-state index contributed by atoms with van der Waals surface area (Å²) in [6.45, 7) is 6.24. The lowest BCUT2D eigenvalue weighted by molar-refractivity contribution is 0.876. The summed E-state index contributed by atoms with van der Waals surface area (Å²) in [5.41, 5.74) is 4.71. The van der Waals surface area contributed by atoms with Crippen LogP contribution in [-0.2, 0) is 5.75 Å². The highest BCUT2D eigenvalue weighted by molar-refractivity contribution is 7.98. The molecule has 2 aromatic heterocycles. The Morgan fingerprint density at radius 1 is 1.24 bits per heavy atom. The third-order valence-electron chi connectivity index (χ3n) is 3.14. The minimum absolute atomic E-state index is 0.813. The van der Waals surface area contributed by atoms with Crippen LogP contribution in [0.25, 0.3) is 5.69 Å². The largest absolute Gasteiger partial charge is 0.276 e. The molecule has 0 aliphatic rings. The fourth-order valence-corrected chi connectivity index (χ4v) is 3.71. The zero-order valence-electron chi connectivity index (χ0n) is 12.2. The second kappa shape index (κ2) is 5.99. The molecule has 0 spiro atoms. The van der Waals surface area contributed by atoms with E-state index in [4.69, 9.17) is 0 Å². The van der Waals surface area contributed by atoms with Crippen LogP contribution in [0.5, 0.6) is 0 Å². The molecule has 0 atom stereocenters. The Kier molecular flexibility index (Phi) is 4.07. The summed E-state index contributed by atoms with van der Waals surface area (Å²) in [7, 11) is 0. The molecule has 0 saturated heterocycles. The molecule has 0 radical (unpaired) electrons. The molecule has 4 nitrogen and oxygen atoms in total. The van der Waals surface area contributed by atoms with Gasteiger partial charge in [0.2, 0.25) is 0 Å². The van der Waals surface area contributed by atoms with Crippen LogP contribution in [-0.4, -0.2) is 19.7 Å². The van der Waals surface area contributed by atoms with E-state index in [1.807, 2.05) is 11.5 Å². The lowest BCUT2D eigenvalue weighted by atomic mass is 10.1. The van der Waals surface area contributed by atoms with Crippen molar-refractivity contribution in [2.24, 2.45) is 0 Å². The van der Waals surface area contributed by atoms with E-state index in [0.717, 1.165) is 27.3 Å². The Hall–Kier alpha value is -1.66. The molecule has 0 aliphatic heterocycles. The summed E-state index contributed by atoms with van der Waals surface area (Å²) >= 11 is 3.34. The number of thiazole rings is 1. The van der Waals surface area contributed by atoms with Gasteiger partial charge in [0, 0.05) is 11.1 Å². The van der Waals surface area contributed by atoms with Gasteiger partial charge in [-0.05, 0) is 32.4 Å². The van der Waals surface area contributed by atoms with Crippen LogP contribution >= 0.6 is 23.1 Å². The predicted octanol–water partition coefficient (Wildman–Crippen LogP) is 3.94. The van der Waals surface area contributed by atoms with E-state index in [1.54, 1.807) is 29.4 Å². The molecule has 2 heterocycles. The molecule has 0 N–H and O–H groups in total. The summed E-state index contributed by atoms with van der Waals surface area (Å²) in [4.78, 5) is 4.48. The Balaban J connectivity index is 1.83. The van der Waals surface area contributed by atoms with Crippen molar-refractivity contribution in [2.75, 3.05) is 0 Å². The van der Waals surface area contributed by atoms with E-state index in [2.05, 4.69) is 52.6 Å². The monoisotopic (exact) mass is 316 g/mol. The van der Waals surface area contributed by atoms with E-state index >= 15 is 0 Å². The van der Waals surface area contributed by atoms with Crippen LogP contribution in [0, 0.1) is 20.8 Å². The zero-order chi connectivity index (χ0) is 14.8. The average molecular weight is 316 g/mol. The molecule has 0 aliphatic carbocycles. The van der Waals surface area contributed by atoms with Crippen LogP contribution in [0.4, 0.5) is 0 Å². The maximum Gasteiger partial charge on any atom is 0.196 e. The molecule has 0 fully saturated rings. The molecule has 1 aromatic carbocycles. The second-order valence-corrected chi connectivity index (χ2v) is 6.92. The molecule has 0 saturated carbocycles. The first kappa shape index (κ1) is 14.3. The number of aryl methyl sites for hydroxylation is 3. The van der Waals surface area contributed by atoms with Gasteiger partial charge >= 0.3 is 0 Å². The quantitative estimate of drug-likeness (QED) is 0.684. The number of rotatable bonds is 4. The molecule has 3 rings (SSSR count). The first-order valence-electron chi connectivity index (χ1n) is 6.65. The van der Waals surface area contributed by atoms with Crippen LogP contribution in [0.1, 0.15) is 21.8 Å². The number of nitrogens with zero attached hydrogens (tertiary/aromatic N) is 4. The molecule has 6 heteroatoms. The van der Waals surface area contributed by atoms with Gasteiger partial charge in [-0.2, -0.15) is 0 Å². The molecule has 108 valence electrons. The standard InChI is InChI=1S/C15H16N4S2/c1-10-4-5-14(11(2)6-10)19-9-16-18-15(19)21-8-13-7-20-12(3)17-13/h4-7,9H,8H2,1-3H3. The normalized spacial score (nSPS) is 11.0. The molecule has 21 heavy (non-hydrogen) atoms. The van der Waals surface area contributed by atoms with Crippen LogP contribution in [0.3, 0.4) is 0 Å². The summed E-state index contributed by atoms with van der Waals surface area (Å²) in [5, 5.41) is 12.4. The fourth-order valence-electron chi connectivity index (χ4n) is 2.18. The molecule has 0 unspecified atom stereocenters. The predicted molar refractivity (Wildman–Crippen MR) is 87.2 cm³/mol. The topological polar surface area (TPSA) is 43.6 Å². The molecule has 0 amide bonds. The zero-order valence-corrected chi connectivity index (χ0v) is 13.8. The SMILES string of the molecule is Cc1ccc(-n2cnnc2SCc2csc(C)n2)c(C)c1. The number of thioether (sulfide) groups is 1. The fraction of sp³-hybridized carbons (Fsp3) is 0.267. The maximum absolute atomic E-state index is 4.48. The molecular formula is C15H16N4S2. The Bertz CT molecular complexity index is 761. The second-order valence-electron chi connectivity index (χ2n) is 4.92. The average Bonchev–Trinajstić information content (AvgIpc) is 3.05. The smallest absolute Gasteiger partial charge is 0.196 e. The van der Waals surface area contributed by atoms with Crippen molar-refractivity contribution in [3.8, 4) is 5.69 Å². The van der Waals surface area contributed by atoms with Crippen molar-refractivity contribution in [3.05, 3.63) is 51.7 Å². The van der Waals surface area contributed by atoms with Gasteiger partial charge in [0.05, 0.1) is 16.4 Å². The number of hydrogen-bond acceptors (Lipinski definition) is 5. The van der Waals surface area contributed by atoms with Gasteiger partial charge in [-0.15, -0.1) is 21.5 Å². The van der Waals surface area contributed by atoms with Gasteiger partial charge in [-0.25, -0.2) is 4.98 Å². The van der Waals surface area contributed by atoms with Crippen molar-refractivity contribution >= 4 is 23.1 Å². The summed E-state index contributed by atoms with van der Waals surface area (Å²) < 4.78 is 2.04. The number of benzene rings is 1. The van der Waals surface area contributed by atoms with E-state index in [1.165, 1.54) is 11.1 Å². The van der Waals surface area contributed by atoms with Crippen molar-refractivity contribution in [2.45, 2.75) is 31.7 Å². The maximum atomic E-state index is 4.48. The van der Waals surface area contributed by atoms with Gasteiger partial charge in [-0.1, -0.05) is 29.5 Å². The highest BCUT2D eigenvalue weighted by Crippen LogP contribution is 2.25. The van der Waals surface area contributed by atoms with Gasteiger partial charge in [0.1, 0.15) is 6.33 Å². The Morgan fingerprint density at radius 2 is 2.10 bits per heavy atom. The highest BCUT2D eigenvalue weighted by atomic mass is 32.2. The van der Waals surface area contributed by atoms with Crippen molar-refractivity contribution < 1.29 is 0 Å². The Morgan fingerprint density at radius 3 is 2.81 bits per heavy atom. The highest BCUT2D eigenvalue weighted by Gasteiger charge is 2.10. The lowest BCUT2D eigenvalue weighted by Crippen LogP contribution is -1.98. The van der Waals surface area contributed by atoms with Crippen molar-refractivity contribution in [3.63, 3.8) is 0 Å². The van der Waals surface area contributed by atoms with Gasteiger partial charge in [0.25, 0.3) is 0 Å². The van der Waals surface area contributed by atoms with E-state index in [-0.39, 0.29) is 0 Å². The first-order chi connectivity index (χ1) is 10.1. The summed E-state index contributed by atoms with van der Waals surface area (Å²) in [6, 6.07) is 6.40. The van der Waals surface area contributed by atoms with Crippen molar-refractivity contribution in [1.82, 2.24) is 19.7 Å². The summed E-state index contributed by atoms with van der Waals surface area (Å²) in [5.74, 6) is 0.813. The molecule has 0 bridgehead atoms. The van der Waals surface area contributed by atoms with Gasteiger partial charge < -0.3 is 0 Å². The van der Waals surface area contributed by atoms with Crippen molar-refractivity contribution in [1.29, 1.82) is 0 Å². The lowest BCUT2D eigenvalue weighted by Gasteiger charge is -2.09. The first-order valence-corrected chi connectivity index (χ1v) is 8.51. The summed E-state index contributed by atoms with van der Waals surface area (Å²) in [6.07, 6.45) is 1.77. The minimum atomic E-state index is 0.813. The Labute approximate surface area is 132 Å². The van der Waals surface area contributed by atoms with Crippen LogP contribution in [0.15, 0.2) is 35.1 Å². The van der Waals surface area contributed by atoms with E-state index < -0.39 is 0 Å². The minimum Gasteiger partial charge on any atom is -0.276 e. The van der Waals surface area contributed by atoms with E-state index in [0.29, 0.717) is 0 Å². The number of aromatic nitrogens is 4. The van der Waals surface area contributed by atoms with Crippen LogP contribution in [0.2, 0.25) is 0 Å². The van der Waals surface area contributed by atoms with Crippen LogP contribution < -0.4 is 0 Å². The number of hydrogen-bond donors (Lipinski definition) is 0. The molecule has 3 aromatic rings. The van der Waals surface area contributed by atoms with E-state index in [9.17, 15) is 0 Å². The van der Waals surface area contributed by atoms with Gasteiger partial charge in [0.15, 0.2) is 5.16 Å².